The van der Waals surface area contributed by atoms with Gasteiger partial charge in [0.15, 0.2) is 6.73 Å². The minimum Gasteiger partial charge on any atom is -0.444 e. The number of ether oxygens (including phenoxy) is 1. The Labute approximate surface area is 286 Å². The monoisotopic (exact) mass is 671 g/mol. The number of aromatic nitrogens is 3. The molecule has 3 N–H and O–H groups in total. The molecule has 3 amide bonds. The van der Waals surface area contributed by atoms with E-state index in [2.05, 4.69) is 38.6 Å². The summed E-state index contributed by atoms with van der Waals surface area (Å²) >= 11 is 0. The second kappa shape index (κ2) is 16.6. The normalized spacial score (nSPS) is 26.3. The lowest BCUT2D eigenvalue weighted by atomic mass is 9.85. The highest BCUT2D eigenvalue weighted by atomic mass is 16.5. The third-order valence-electron chi connectivity index (χ3n) is 10.0. The molecule has 3 fully saturated rings. The van der Waals surface area contributed by atoms with E-state index >= 15 is 0 Å². The van der Waals surface area contributed by atoms with E-state index in [-0.39, 0.29) is 38.1 Å². The Hall–Kier alpha value is -4.75. The van der Waals surface area contributed by atoms with Gasteiger partial charge < -0.3 is 25.0 Å². The number of aliphatic hydroxyl groups excluding tert-OH is 1. The van der Waals surface area contributed by atoms with Crippen LogP contribution in [0.1, 0.15) is 67.3 Å². The molecule has 1 saturated carbocycles. The van der Waals surface area contributed by atoms with Crippen LogP contribution in [0.4, 0.5) is 0 Å². The highest BCUT2D eigenvalue weighted by molar-refractivity contribution is 5.90. The summed E-state index contributed by atoms with van der Waals surface area (Å²) in [5, 5.41) is 14.5. The van der Waals surface area contributed by atoms with Crippen molar-refractivity contribution >= 4 is 23.7 Å². The Balaban J connectivity index is 0.000000244. The minimum atomic E-state index is -0.703. The van der Waals surface area contributed by atoms with Crippen LogP contribution in [0.5, 0.6) is 0 Å². The molecule has 3 aromatic heterocycles. The quantitative estimate of drug-likeness (QED) is 0.215. The topological polar surface area (TPSA) is 167 Å². The molecule has 1 aliphatic carbocycles. The summed E-state index contributed by atoms with van der Waals surface area (Å²) < 4.78 is 5.32. The Morgan fingerprint density at radius 2 is 1.37 bits per heavy atom. The number of hydrogen-bond acceptors (Lipinski definition) is 10. The number of nitrogens with one attached hydrogen (secondary N) is 2. The predicted octanol–water partition coefficient (Wildman–Crippen LogP) is 2.58. The zero-order chi connectivity index (χ0) is 34.9. The molecule has 13 heteroatoms. The third kappa shape index (κ3) is 8.28. The first-order chi connectivity index (χ1) is 23.7. The van der Waals surface area contributed by atoms with Crippen molar-refractivity contribution in [2.24, 2.45) is 23.7 Å². The summed E-state index contributed by atoms with van der Waals surface area (Å²) in [5.74, 6) is -0.676. The average molecular weight is 672 g/mol. The maximum atomic E-state index is 12.8. The first-order valence-corrected chi connectivity index (χ1v) is 16.7. The van der Waals surface area contributed by atoms with Crippen molar-refractivity contribution in [2.75, 3.05) is 34.1 Å². The van der Waals surface area contributed by atoms with Gasteiger partial charge in [-0.3, -0.25) is 39.4 Å². The number of hydrogen-bond donors (Lipinski definition) is 3. The highest BCUT2D eigenvalue weighted by Crippen LogP contribution is 2.43. The summed E-state index contributed by atoms with van der Waals surface area (Å²) in [6.07, 6.45) is 12.9. The van der Waals surface area contributed by atoms with Crippen LogP contribution in [0.2, 0.25) is 0 Å². The van der Waals surface area contributed by atoms with Crippen LogP contribution in [0.15, 0.2) is 73.6 Å². The van der Waals surface area contributed by atoms with E-state index in [9.17, 15) is 19.2 Å². The van der Waals surface area contributed by atoms with Crippen LogP contribution in [0.3, 0.4) is 0 Å². The molecule has 49 heavy (non-hydrogen) atoms. The summed E-state index contributed by atoms with van der Waals surface area (Å²) in [6, 6.07) is 10.4. The number of likely N-dealkylation sites (tertiary alicyclic amines) is 2. The number of pyridine rings is 3. The molecule has 0 radical (unpaired) electrons. The van der Waals surface area contributed by atoms with Gasteiger partial charge in [-0.25, -0.2) is 0 Å². The van der Waals surface area contributed by atoms with E-state index in [0.717, 1.165) is 23.6 Å². The van der Waals surface area contributed by atoms with E-state index in [0.29, 0.717) is 11.8 Å². The molecule has 5 heterocycles. The first kappa shape index (κ1) is 35.6. The van der Waals surface area contributed by atoms with Gasteiger partial charge in [0.1, 0.15) is 0 Å². The van der Waals surface area contributed by atoms with Crippen LogP contribution in [-0.2, 0) is 23.9 Å². The van der Waals surface area contributed by atoms with Crippen molar-refractivity contribution in [2.45, 2.75) is 50.6 Å². The van der Waals surface area contributed by atoms with Crippen molar-refractivity contribution in [3.05, 3.63) is 90.3 Å². The van der Waals surface area contributed by atoms with Gasteiger partial charge in [-0.1, -0.05) is 25.1 Å². The molecule has 0 bridgehead atoms. The smallest absolute Gasteiger partial charge is 0.313 e. The lowest BCUT2D eigenvalue weighted by molar-refractivity contribution is -0.151. The molecule has 3 aliphatic rings. The fourth-order valence-electron chi connectivity index (χ4n) is 7.57. The lowest BCUT2D eigenvalue weighted by Crippen LogP contribution is -2.37. The molecule has 2 saturated heterocycles. The van der Waals surface area contributed by atoms with Gasteiger partial charge >= 0.3 is 5.97 Å². The first-order valence-electron chi connectivity index (χ1n) is 16.7. The van der Waals surface area contributed by atoms with E-state index in [4.69, 9.17) is 9.84 Å². The molecule has 6 rings (SSSR count). The number of esters is 1. The zero-order valence-corrected chi connectivity index (χ0v) is 28.1. The molecule has 2 aliphatic heterocycles. The number of amides is 3. The lowest BCUT2D eigenvalue weighted by Gasteiger charge is -2.25. The SMILES string of the molecule is CN1C(=O)CC(C(=O)NCOC(=O)C2CC(=O)N(C)C2c2cccnc2)C1c1cccnc1.C[C@@H]1CCC(CNCO)C1c1cccnc1. The maximum Gasteiger partial charge on any atom is 0.313 e. The predicted molar refractivity (Wildman–Crippen MR) is 179 cm³/mol. The fraction of sp³-hybridized carbons (Fsp3) is 0.472. The third-order valence-corrected chi connectivity index (χ3v) is 10.0. The molecular weight excluding hydrogens is 626 g/mol. The van der Waals surface area contributed by atoms with Crippen molar-refractivity contribution in [3.8, 4) is 0 Å². The molecule has 13 nitrogen and oxygen atoms in total. The number of rotatable bonds is 10. The van der Waals surface area contributed by atoms with Crippen LogP contribution >= 0.6 is 0 Å². The second-order valence-electron chi connectivity index (χ2n) is 13.0. The van der Waals surface area contributed by atoms with E-state index in [1.54, 1.807) is 57.1 Å². The molecular formula is C36H45N7O6. The van der Waals surface area contributed by atoms with Gasteiger partial charge in [0.25, 0.3) is 0 Å². The van der Waals surface area contributed by atoms with Crippen molar-refractivity contribution in [1.29, 1.82) is 0 Å². The Morgan fingerprint density at radius 1 is 0.837 bits per heavy atom. The van der Waals surface area contributed by atoms with Crippen molar-refractivity contribution < 1.29 is 29.0 Å². The summed E-state index contributed by atoms with van der Waals surface area (Å²) in [7, 11) is 3.29. The van der Waals surface area contributed by atoms with E-state index < -0.39 is 35.8 Å². The zero-order valence-electron chi connectivity index (χ0n) is 28.1. The standard InChI is InChI=1S/C23H25N5O5.C13H20N2O/c1-27-18(29)9-16(20(27)14-5-3-7-24-11-14)22(31)26-13-33-23(32)17-10-19(30)28(2)21(17)15-6-4-8-25-12-15;1-10-4-5-12(8-15-9-16)13(10)11-3-2-6-14-7-11/h3-8,11-12,16-17,20-21H,9-10,13H2,1-2H3,(H,26,31);2-3,6-7,10,12-13,15-16H,4-5,8-9H2,1H3/t;10-,12?,13?/m.1/s1. The summed E-state index contributed by atoms with van der Waals surface area (Å²) in [4.78, 5) is 65.5. The summed E-state index contributed by atoms with van der Waals surface area (Å²) in [5.41, 5.74) is 2.84. The molecule has 0 aromatic carbocycles. The van der Waals surface area contributed by atoms with E-state index in [1.165, 1.54) is 28.2 Å². The van der Waals surface area contributed by atoms with Gasteiger partial charge in [-0.2, -0.15) is 0 Å². The maximum absolute atomic E-state index is 12.8. The van der Waals surface area contributed by atoms with Gasteiger partial charge in [0.2, 0.25) is 17.7 Å². The number of carbonyl (C=O) groups excluding carboxylic acids is 4. The van der Waals surface area contributed by atoms with Gasteiger partial charge in [0.05, 0.1) is 30.7 Å². The molecule has 3 aromatic rings. The Bertz CT molecular complexity index is 1480. The van der Waals surface area contributed by atoms with Crippen molar-refractivity contribution in [1.82, 2.24) is 35.4 Å². The van der Waals surface area contributed by atoms with Gasteiger partial charge in [-0.05, 0) is 65.5 Å². The number of nitrogens with zero attached hydrogens (tertiary/aromatic N) is 5. The van der Waals surface area contributed by atoms with Crippen LogP contribution in [0.25, 0.3) is 0 Å². The molecule has 260 valence electrons. The molecule has 6 unspecified atom stereocenters. The Morgan fingerprint density at radius 3 is 1.90 bits per heavy atom. The van der Waals surface area contributed by atoms with Crippen LogP contribution < -0.4 is 10.6 Å². The number of carbonyl (C=O) groups is 4. The van der Waals surface area contributed by atoms with Gasteiger partial charge in [0, 0.05) is 70.7 Å². The fourth-order valence-corrected chi connectivity index (χ4v) is 7.57. The summed E-state index contributed by atoms with van der Waals surface area (Å²) in [6.45, 7) is 2.95. The Kier molecular flexibility index (Phi) is 12.0. The largest absolute Gasteiger partial charge is 0.444 e. The minimum absolute atomic E-state index is 0.0217. The van der Waals surface area contributed by atoms with Crippen molar-refractivity contribution in [3.63, 3.8) is 0 Å². The molecule has 0 spiro atoms. The van der Waals surface area contributed by atoms with Crippen LogP contribution in [0, 0.1) is 23.7 Å². The average Bonchev–Trinajstić information content (AvgIpc) is 3.76. The number of aliphatic hydroxyl groups is 1. The second-order valence-corrected chi connectivity index (χ2v) is 13.0. The highest BCUT2D eigenvalue weighted by Gasteiger charge is 2.45. The van der Waals surface area contributed by atoms with Crippen LogP contribution in [-0.4, -0.2) is 87.7 Å². The van der Waals surface area contributed by atoms with Gasteiger partial charge in [-0.15, -0.1) is 0 Å². The van der Waals surface area contributed by atoms with E-state index in [1.807, 2.05) is 24.5 Å². The molecule has 7 atom stereocenters.